The zero-order valence-corrected chi connectivity index (χ0v) is 12.2. The third kappa shape index (κ3) is 2.33. The monoisotopic (exact) mass is 294 g/mol. The largest absolute Gasteiger partial charge is 0.508 e. The van der Waals surface area contributed by atoms with Crippen molar-refractivity contribution < 1.29 is 5.11 Å². The lowest BCUT2D eigenvalue weighted by atomic mass is 9.95. The Hall–Kier alpha value is -2.40. The van der Waals surface area contributed by atoms with E-state index in [0.717, 1.165) is 35.6 Å². The Morgan fingerprint density at radius 3 is 3.09 bits per heavy atom. The van der Waals surface area contributed by atoms with E-state index in [-0.39, 0.29) is 5.75 Å². The van der Waals surface area contributed by atoms with Gasteiger partial charge in [-0.05, 0) is 37.6 Å². The Labute approximate surface area is 128 Å². The molecule has 1 aliphatic rings. The van der Waals surface area contributed by atoms with Gasteiger partial charge in [-0.15, -0.1) is 0 Å². The molecule has 112 valence electrons. The van der Waals surface area contributed by atoms with Crippen LogP contribution in [0.15, 0.2) is 42.7 Å². The topological polar surface area (TPSA) is 62.5 Å². The summed E-state index contributed by atoms with van der Waals surface area (Å²) in [6.45, 7) is 2.09. The summed E-state index contributed by atoms with van der Waals surface area (Å²) in [5, 5.41) is 17.5. The molecule has 0 bridgehead atoms. The molecule has 1 unspecified atom stereocenters. The second kappa shape index (κ2) is 5.42. The number of hydrogen-bond acceptors (Lipinski definition) is 4. The molecule has 4 heterocycles. The lowest BCUT2D eigenvalue weighted by Gasteiger charge is -2.22. The van der Waals surface area contributed by atoms with Crippen LogP contribution >= 0.6 is 0 Å². The molecule has 1 aliphatic heterocycles. The molecule has 1 saturated heterocycles. The number of fused-ring (bicyclic) bond motifs is 1. The molecule has 5 heteroatoms. The predicted molar refractivity (Wildman–Crippen MR) is 84.9 cm³/mol. The fourth-order valence-corrected chi connectivity index (χ4v) is 3.10. The smallest absolute Gasteiger partial charge is 0.119 e. The number of rotatable bonds is 2. The molecule has 1 atom stereocenters. The van der Waals surface area contributed by atoms with E-state index in [1.54, 1.807) is 29.0 Å². The van der Waals surface area contributed by atoms with Gasteiger partial charge in [0.2, 0.25) is 0 Å². The van der Waals surface area contributed by atoms with E-state index in [1.165, 1.54) is 12.8 Å². The highest BCUT2D eigenvalue weighted by atomic mass is 16.3. The minimum atomic E-state index is 0.238. The Balaban J connectivity index is 1.76. The first-order chi connectivity index (χ1) is 10.8. The van der Waals surface area contributed by atoms with Gasteiger partial charge in [0.25, 0.3) is 0 Å². The number of hydrogen-bond donors (Lipinski definition) is 2. The molecule has 0 amide bonds. The van der Waals surface area contributed by atoms with Crippen molar-refractivity contribution >= 4 is 5.52 Å². The maximum atomic E-state index is 9.71. The zero-order chi connectivity index (χ0) is 14.9. The summed E-state index contributed by atoms with van der Waals surface area (Å²) < 4.78 is 1.76. The maximum absolute atomic E-state index is 9.71. The predicted octanol–water partition coefficient (Wildman–Crippen LogP) is 2.57. The van der Waals surface area contributed by atoms with Gasteiger partial charge in [-0.3, -0.25) is 4.98 Å². The molecule has 3 aromatic heterocycles. The number of aromatic nitrogens is 3. The molecule has 0 aromatic carbocycles. The van der Waals surface area contributed by atoms with Crippen molar-refractivity contribution in [1.29, 1.82) is 0 Å². The maximum Gasteiger partial charge on any atom is 0.119 e. The summed E-state index contributed by atoms with van der Waals surface area (Å²) in [7, 11) is 0. The first-order valence-corrected chi connectivity index (χ1v) is 7.66. The van der Waals surface area contributed by atoms with Crippen molar-refractivity contribution in [1.82, 2.24) is 19.9 Å². The third-order valence-electron chi connectivity index (χ3n) is 4.27. The summed E-state index contributed by atoms with van der Waals surface area (Å²) in [5.41, 5.74) is 3.85. The highest BCUT2D eigenvalue weighted by Crippen LogP contribution is 2.28. The number of nitrogens with zero attached hydrogens (tertiary/aromatic N) is 3. The minimum absolute atomic E-state index is 0.238. The number of nitrogens with one attached hydrogen (secondary N) is 1. The number of piperidine rings is 1. The van der Waals surface area contributed by atoms with Gasteiger partial charge >= 0.3 is 0 Å². The summed E-state index contributed by atoms with van der Waals surface area (Å²) >= 11 is 0. The van der Waals surface area contributed by atoms with Crippen molar-refractivity contribution in [2.45, 2.75) is 18.8 Å². The molecule has 3 aromatic rings. The highest BCUT2D eigenvalue weighted by Gasteiger charge is 2.17. The summed E-state index contributed by atoms with van der Waals surface area (Å²) in [5.74, 6) is 0.714. The van der Waals surface area contributed by atoms with Crippen LogP contribution < -0.4 is 5.32 Å². The van der Waals surface area contributed by atoms with E-state index >= 15 is 0 Å². The van der Waals surface area contributed by atoms with E-state index in [2.05, 4.69) is 22.5 Å². The number of aromatic hydroxyl groups is 1. The molecular weight excluding hydrogens is 276 g/mol. The van der Waals surface area contributed by atoms with Crippen molar-refractivity contribution in [3.05, 3.63) is 48.4 Å². The normalized spacial score (nSPS) is 18.6. The molecule has 1 fully saturated rings. The van der Waals surface area contributed by atoms with Crippen molar-refractivity contribution in [3.8, 4) is 17.0 Å². The fraction of sp³-hybridized carbons (Fsp3) is 0.294. The lowest BCUT2D eigenvalue weighted by Crippen LogP contribution is -2.28. The fourth-order valence-electron chi connectivity index (χ4n) is 3.10. The Bertz CT molecular complexity index is 805. The Morgan fingerprint density at radius 1 is 1.27 bits per heavy atom. The second-order valence-electron chi connectivity index (χ2n) is 5.76. The summed E-state index contributed by atoms with van der Waals surface area (Å²) in [6.07, 6.45) is 5.93. The van der Waals surface area contributed by atoms with Crippen LogP contribution in [0.25, 0.3) is 16.8 Å². The van der Waals surface area contributed by atoms with Gasteiger partial charge in [0, 0.05) is 36.0 Å². The highest BCUT2D eigenvalue weighted by molar-refractivity contribution is 5.78. The molecule has 5 nitrogen and oxygen atoms in total. The standard InChI is InChI=1S/C17H18N4O/c22-13-6-8-21-17(9-13)14(11-19-21)16-5-1-4-15(20-16)12-3-2-7-18-10-12/h1,4-6,8-9,11-12,18,22H,2-3,7,10H2. The first kappa shape index (κ1) is 13.3. The van der Waals surface area contributed by atoms with Crippen molar-refractivity contribution in [2.75, 3.05) is 13.1 Å². The van der Waals surface area contributed by atoms with Gasteiger partial charge in [-0.2, -0.15) is 5.10 Å². The second-order valence-corrected chi connectivity index (χ2v) is 5.76. The Kier molecular flexibility index (Phi) is 3.27. The van der Waals surface area contributed by atoms with Crippen LogP contribution in [0.1, 0.15) is 24.5 Å². The molecule has 0 spiro atoms. The van der Waals surface area contributed by atoms with Crippen LogP contribution in [0.2, 0.25) is 0 Å². The molecule has 2 N–H and O–H groups in total. The molecule has 0 aliphatic carbocycles. The quantitative estimate of drug-likeness (QED) is 0.762. The van der Waals surface area contributed by atoms with Gasteiger partial charge < -0.3 is 10.4 Å². The summed E-state index contributed by atoms with van der Waals surface area (Å²) in [4.78, 5) is 4.84. The molecular formula is C17H18N4O. The molecule has 4 rings (SSSR count). The van der Waals surface area contributed by atoms with E-state index in [4.69, 9.17) is 4.98 Å². The molecule has 0 saturated carbocycles. The van der Waals surface area contributed by atoms with Crippen LogP contribution in [0.4, 0.5) is 0 Å². The van der Waals surface area contributed by atoms with Gasteiger partial charge in [-0.1, -0.05) is 6.07 Å². The van der Waals surface area contributed by atoms with E-state index in [1.807, 2.05) is 6.07 Å². The van der Waals surface area contributed by atoms with E-state index in [0.29, 0.717) is 5.92 Å². The Morgan fingerprint density at radius 2 is 2.23 bits per heavy atom. The van der Waals surface area contributed by atoms with Crippen LogP contribution in [-0.2, 0) is 0 Å². The lowest BCUT2D eigenvalue weighted by molar-refractivity contribution is 0.455. The van der Waals surface area contributed by atoms with E-state index in [9.17, 15) is 5.11 Å². The van der Waals surface area contributed by atoms with Gasteiger partial charge in [-0.25, -0.2) is 4.52 Å². The first-order valence-electron chi connectivity index (χ1n) is 7.66. The van der Waals surface area contributed by atoms with Gasteiger partial charge in [0.1, 0.15) is 5.75 Å². The van der Waals surface area contributed by atoms with E-state index < -0.39 is 0 Å². The number of pyridine rings is 2. The van der Waals surface area contributed by atoms with Crippen LogP contribution in [0.3, 0.4) is 0 Å². The minimum Gasteiger partial charge on any atom is -0.508 e. The van der Waals surface area contributed by atoms with Gasteiger partial charge in [0.15, 0.2) is 0 Å². The average molecular weight is 294 g/mol. The van der Waals surface area contributed by atoms with Crippen molar-refractivity contribution in [2.24, 2.45) is 0 Å². The third-order valence-corrected chi connectivity index (χ3v) is 4.27. The SMILES string of the molecule is Oc1ccn2ncc(-c3cccc(C4CCCNC4)n3)c2c1. The molecule has 0 radical (unpaired) electrons. The zero-order valence-electron chi connectivity index (χ0n) is 12.2. The average Bonchev–Trinajstić information content (AvgIpc) is 2.99. The van der Waals surface area contributed by atoms with Crippen LogP contribution in [-0.4, -0.2) is 32.8 Å². The summed E-state index contributed by atoms with van der Waals surface area (Å²) in [6, 6.07) is 9.50. The molecule has 22 heavy (non-hydrogen) atoms. The van der Waals surface area contributed by atoms with Gasteiger partial charge in [0.05, 0.1) is 17.4 Å². The van der Waals surface area contributed by atoms with Crippen LogP contribution in [0.5, 0.6) is 5.75 Å². The van der Waals surface area contributed by atoms with Crippen molar-refractivity contribution in [3.63, 3.8) is 0 Å². The van der Waals surface area contributed by atoms with Crippen LogP contribution in [0, 0.1) is 0 Å².